The van der Waals surface area contributed by atoms with Crippen molar-refractivity contribution in [2.24, 2.45) is 0 Å². The maximum atomic E-state index is 11.5. The first-order valence-corrected chi connectivity index (χ1v) is 4.85. The molecule has 0 bridgehead atoms. The van der Waals surface area contributed by atoms with Crippen LogP contribution in [0.3, 0.4) is 0 Å². The first-order valence-electron chi connectivity index (χ1n) is 4.85. The van der Waals surface area contributed by atoms with Gasteiger partial charge in [-0.2, -0.15) is 6.42 Å². The predicted octanol–water partition coefficient (Wildman–Crippen LogP) is -0.653. The Morgan fingerprint density at radius 2 is 2.20 bits per heavy atom. The van der Waals surface area contributed by atoms with E-state index in [1.807, 2.05) is 18.9 Å². The Bertz CT molecular complexity index is 298. The number of fused-ring (bicyclic) bond motifs is 1. The number of rotatable bonds is 2. The van der Waals surface area contributed by atoms with Crippen LogP contribution in [0.4, 0.5) is 0 Å². The molecule has 0 radical (unpaired) electrons. The van der Waals surface area contributed by atoms with Crippen molar-refractivity contribution in [2.75, 3.05) is 13.7 Å². The van der Waals surface area contributed by atoms with Gasteiger partial charge in [0.2, 0.25) is 0 Å². The van der Waals surface area contributed by atoms with E-state index in [0.717, 1.165) is 5.92 Å². The van der Waals surface area contributed by atoms with E-state index >= 15 is 0 Å². The van der Waals surface area contributed by atoms with Crippen LogP contribution in [0, 0.1) is 5.92 Å². The third-order valence-electron chi connectivity index (χ3n) is 4.03. The number of hydrogen-bond acceptors (Lipinski definition) is 4. The zero-order valence-corrected chi connectivity index (χ0v) is 12.1. The monoisotopic (exact) mass is 382 g/mol. The van der Waals surface area contributed by atoms with Gasteiger partial charge >= 0.3 is 0 Å². The zero-order chi connectivity index (χ0) is 10.7. The van der Waals surface area contributed by atoms with Crippen LogP contribution in [0.5, 0.6) is 0 Å². The number of aliphatic hydroxyl groups excluding tert-OH is 1. The summed E-state index contributed by atoms with van der Waals surface area (Å²) < 4.78 is 0. The molecule has 5 heteroatoms. The van der Waals surface area contributed by atoms with Crippen molar-refractivity contribution >= 4 is 5.78 Å². The molecule has 1 aliphatic carbocycles. The fourth-order valence-corrected chi connectivity index (χ4v) is 2.78. The third kappa shape index (κ3) is 1.32. The van der Waals surface area contributed by atoms with Crippen molar-refractivity contribution in [3.05, 3.63) is 5.92 Å². The van der Waals surface area contributed by atoms with Crippen molar-refractivity contribution in [2.45, 2.75) is 37.5 Å². The number of carbonyl (C=O) groups excluding carboxylic acids is 1. The molecular weight excluding hydrogens is 366 g/mol. The van der Waals surface area contributed by atoms with Gasteiger partial charge in [-0.25, -0.2) is 0 Å². The molecule has 0 aromatic heterocycles. The minimum Gasteiger partial charge on any atom is -0.418 e. The van der Waals surface area contributed by atoms with Crippen LogP contribution in [0.25, 0.3) is 0 Å². The van der Waals surface area contributed by atoms with E-state index in [1.54, 1.807) is 6.92 Å². The largest absolute Gasteiger partial charge is 0.418 e. The number of ketones is 1. The summed E-state index contributed by atoms with van der Waals surface area (Å²) in [6.45, 7) is 3.07. The SMILES string of the molecule is CC(=O)C12C[C-]1C(O)(CO)C(C)N2C.[W]. The molecule has 0 amide bonds. The van der Waals surface area contributed by atoms with Gasteiger partial charge in [0.25, 0.3) is 0 Å². The quantitative estimate of drug-likeness (QED) is 0.624. The van der Waals surface area contributed by atoms with Crippen molar-refractivity contribution in [3.63, 3.8) is 0 Å². The molecule has 1 heterocycles. The topological polar surface area (TPSA) is 60.8 Å². The molecule has 1 aliphatic heterocycles. The van der Waals surface area contributed by atoms with Crippen molar-refractivity contribution < 1.29 is 36.1 Å². The summed E-state index contributed by atoms with van der Waals surface area (Å²) in [6.07, 6.45) is 0.597. The van der Waals surface area contributed by atoms with Gasteiger partial charge in [0.05, 0.1) is 0 Å². The number of hydrogen-bond donors (Lipinski definition) is 2. The Morgan fingerprint density at radius 3 is 2.47 bits per heavy atom. The van der Waals surface area contributed by atoms with E-state index in [-0.39, 0.29) is 39.5 Å². The van der Waals surface area contributed by atoms with E-state index in [0.29, 0.717) is 6.42 Å². The van der Waals surface area contributed by atoms with E-state index in [4.69, 9.17) is 0 Å². The Morgan fingerprint density at radius 1 is 1.67 bits per heavy atom. The number of Topliss-reactive ketones (excluding diaryl/α,β-unsaturated/α-hetero) is 1. The molecule has 2 fully saturated rings. The van der Waals surface area contributed by atoms with Gasteiger partial charge in [-0.05, 0) is 26.5 Å². The molecule has 2 N–H and O–H groups in total. The van der Waals surface area contributed by atoms with Gasteiger partial charge in [0, 0.05) is 33.7 Å². The molecule has 15 heavy (non-hydrogen) atoms. The standard InChI is InChI=1S/C10H16NO3.W/c1-6-10(14,5-12)8-4-9(8,7(2)13)11(6)3;/h6,12,14H,4-5H2,1-3H3;/q-1;. The first kappa shape index (κ1) is 13.3. The van der Waals surface area contributed by atoms with Crippen LogP contribution in [0.15, 0.2) is 0 Å². The van der Waals surface area contributed by atoms with Crippen molar-refractivity contribution in [3.8, 4) is 0 Å². The van der Waals surface area contributed by atoms with Gasteiger partial charge < -0.3 is 19.9 Å². The number of carbonyl (C=O) groups is 1. The number of aliphatic hydroxyl groups is 2. The van der Waals surface area contributed by atoms with Crippen LogP contribution in [-0.2, 0) is 25.9 Å². The smallest absolute Gasteiger partial charge is 0.117 e. The predicted molar refractivity (Wildman–Crippen MR) is 50.5 cm³/mol. The number of likely N-dealkylation sites (N-methyl/N-ethyl adjacent to an activating group) is 1. The van der Waals surface area contributed by atoms with Gasteiger partial charge in [-0.15, -0.1) is 0 Å². The van der Waals surface area contributed by atoms with Crippen LogP contribution >= 0.6 is 0 Å². The van der Waals surface area contributed by atoms with E-state index < -0.39 is 11.1 Å². The summed E-state index contributed by atoms with van der Waals surface area (Å²) >= 11 is 0. The van der Waals surface area contributed by atoms with Crippen LogP contribution < -0.4 is 0 Å². The first-order chi connectivity index (χ1) is 6.41. The Balaban J connectivity index is 0.00000112. The maximum Gasteiger partial charge on any atom is 0.117 e. The van der Waals surface area contributed by atoms with Crippen LogP contribution in [0.2, 0.25) is 0 Å². The summed E-state index contributed by atoms with van der Waals surface area (Å²) in [6, 6.07) is -0.194. The average Bonchev–Trinajstić information content (AvgIpc) is 2.87. The molecule has 3 unspecified atom stereocenters. The minimum absolute atomic E-state index is 0. The van der Waals surface area contributed by atoms with E-state index in [2.05, 4.69) is 0 Å². The molecule has 86 valence electrons. The molecular formula is C10H16NO3W-. The summed E-state index contributed by atoms with van der Waals surface area (Å²) in [5.41, 5.74) is -1.75. The Hall–Kier alpha value is 0.238. The molecule has 0 aromatic rings. The van der Waals surface area contributed by atoms with Crippen LogP contribution in [-0.4, -0.2) is 51.7 Å². The number of likely N-dealkylation sites (tertiary alicyclic amines) is 1. The molecule has 4 nitrogen and oxygen atoms in total. The molecule has 3 atom stereocenters. The Kier molecular flexibility index (Phi) is 3.21. The molecule has 1 saturated heterocycles. The second-order valence-corrected chi connectivity index (χ2v) is 4.44. The molecule has 2 aliphatic rings. The number of nitrogens with zero attached hydrogens (tertiary/aromatic N) is 1. The minimum atomic E-state index is -1.18. The van der Waals surface area contributed by atoms with E-state index in [1.165, 1.54) is 0 Å². The third-order valence-corrected chi connectivity index (χ3v) is 4.03. The average molecular weight is 382 g/mol. The van der Waals surface area contributed by atoms with Crippen molar-refractivity contribution in [1.82, 2.24) is 4.90 Å². The summed E-state index contributed by atoms with van der Waals surface area (Å²) in [4.78, 5) is 13.4. The van der Waals surface area contributed by atoms with Crippen molar-refractivity contribution in [1.29, 1.82) is 0 Å². The molecule has 0 aromatic carbocycles. The van der Waals surface area contributed by atoms with Crippen LogP contribution in [0.1, 0.15) is 20.3 Å². The second kappa shape index (κ2) is 3.62. The summed E-state index contributed by atoms with van der Waals surface area (Å²) in [5.74, 6) is 0.848. The molecule has 2 rings (SSSR count). The van der Waals surface area contributed by atoms with Gasteiger partial charge in [0.1, 0.15) is 5.78 Å². The number of piperidine rings is 1. The molecule has 0 spiro atoms. The summed E-state index contributed by atoms with van der Waals surface area (Å²) in [5, 5.41) is 19.4. The Labute approximate surface area is 104 Å². The zero-order valence-electron chi connectivity index (χ0n) is 9.15. The second-order valence-electron chi connectivity index (χ2n) is 4.44. The van der Waals surface area contributed by atoms with Gasteiger partial charge in [-0.3, -0.25) is 5.92 Å². The van der Waals surface area contributed by atoms with E-state index in [9.17, 15) is 15.0 Å². The van der Waals surface area contributed by atoms with Gasteiger partial charge in [-0.1, -0.05) is 5.54 Å². The normalized spacial score (nSPS) is 44.7. The van der Waals surface area contributed by atoms with Gasteiger partial charge in [0.15, 0.2) is 0 Å². The fourth-order valence-electron chi connectivity index (χ4n) is 2.78. The maximum absolute atomic E-state index is 11.5. The fraction of sp³-hybridized carbons (Fsp3) is 0.800. The summed E-state index contributed by atoms with van der Waals surface area (Å²) in [7, 11) is 1.83. The molecule has 1 saturated carbocycles.